The second kappa shape index (κ2) is 9.28. The molecule has 0 bridgehead atoms. The van der Waals surface area contributed by atoms with E-state index in [2.05, 4.69) is 29.4 Å². The van der Waals surface area contributed by atoms with Gasteiger partial charge in [-0.15, -0.1) is 0 Å². The average molecular weight is 271 g/mol. The van der Waals surface area contributed by atoms with E-state index < -0.39 is 0 Å². The molecule has 2 N–H and O–H groups in total. The standard InChI is InChI=1S/C14H29N3O2/c1-12(2)9-16-14(18)11-17(7-8-19-3)10-13-5-4-6-15-13/h12-13,15H,4-11H2,1-3H3,(H,16,18). The van der Waals surface area contributed by atoms with Gasteiger partial charge in [0.05, 0.1) is 13.2 Å². The zero-order valence-corrected chi connectivity index (χ0v) is 12.6. The highest BCUT2D eigenvalue weighted by Crippen LogP contribution is 2.06. The summed E-state index contributed by atoms with van der Waals surface area (Å²) in [7, 11) is 1.70. The molecule has 0 aromatic rings. The number of methoxy groups -OCH3 is 1. The van der Waals surface area contributed by atoms with Gasteiger partial charge in [-0.05, 0) is 25.3 Å². The Balaban J connectivity index is 2.32. The molecule has 0 saturated carbocycles. The number of carbonyl (C=O) groups is 1. The van der Waals surface area contributed by atoms with Crippen molar-refractivity contribution in [1.29, 1.82) is 0 Å². The fourth-order valence-electron chi connectivity index (χ4n) is 2.26. The lowest BCUT2D eigenvalue weighted by atomic mass is 10.2. The molecule has 1 atom stereocenters. The Labute approximate surface area is 117 Å². The first-order valence-corrected chi connectivity index (χ1v) is 7.33. The predicted molar refractivity (Wildman–Crippen MR) is 77.2 cm³/mol. The van der Waals surface area contributed by atoms with Gasteiger partial charge in [0.2, 0.25) is 5.91 Å². The summed E-state index contributed by atoms with van der Waals surface area (Å²) < 4.78 is 5.12. The van der Waals surface area contributed by atoms with E-state index >= 15 is 0 Å². The first-order chi connectivity index (χ1) is 9.11. The van der Waals surface area contributed by atoms with Gasteiger partial charge in [-0.2, -0.15) is 0 Å². The normalized spacial score (nSPS) is 19.3. The lowest BCUT2D eigenvalue weighted by molar-refractivity contribution is -0.122. The molecule has 1 unspecified atom stereocenters. The van der Waals surface area contributed by atoms with E-state index in [1.807, 2.05) is 0 Å². The van der Waals surface area contributed by atoms with Crippen LogP contribution < -0.4 is 10.6 Å². The summed E-state index contributed by atoms with van der Waals surface area (Å²) in [4.78, 5) is 14.1. The van der Waals surface area contributed by atoms with E-state index in [0.717, 1.165) is 26.2 Å². The molecule has 1 heterocycles. The summed E-state index contributed by atoms with van der Waals surface area (Å²) in [6, 6.07) is 0.523. The minimum Gasteiger partial charge on any atom is -0.383 e. The third kappa shape index (κ3) is 7.50. The topological polar surface area (TPSA) is 53.6 Å². The Kier molecular flexibility index (Phi) is 8.02. The molecule has 0 aromatic carbocycles. The lowest BCUT2D eigenvalue weighted by Gasteiger charge is -2.25. The van der Waals surface area contributed by atoms with Crippen molar-refractivity contribution in [3.05, 3.63) is 0 Å². The van der Waals surface area contributed by atoms with Crippen LogP contribution in [-0.2, 0) is 9.53 Å². The van der Waals surface area contributed by atoms with Crippen LogP contribution >= 0.6 is 0 Å². The fraction of sp³-hybridized carbons (Fsp3) is 0.929. The van der Waals surface area contributed by atoms with Gasteiger partial charge in [0.25, 0.3) is 0 Å². The Morgan fingerprint density at radius 2 is 2.32 bits per heavy atom. The second-order valence-electron chi connectivity index (χ2n) is 5.72. The van der Waals surface area contributed by atoms with Crippen LogP contribution in [0, 0.1) is 5.92 Å². The zero-order chi connectivity index (χ0) is 14.1. The number of rotatable bonds is 9. The molecule has 1 amide bonds. The van der Waals surface area contributed by atoms with E-state index in [4.69, 9.17) is 4.74 Å². The fourth-order valence-corrected chi connectivity index (χ4v) is 2.26. The number of nitrogens with one attached hydrogen (secondary N) is 2. The molecule has 19 heavy (non-hydrogen) atoms. The van der Waals surface area contributed by atoms with Crippen molar-refractivity contribution in [3.8, 4) is 0 Å². The third-order valence-electron chi connectivity index (χ3n) is 3.33. The average Bonchev–Trinajstić information content (AvgIpc) is 2.86. The van der Waals surface area contributed by atoms with Gasteiger partial charge in [0.15, 0.2) is 0 Å². The largest absolute Gasteiger partial charge is 0.383 e. The lowest BCUT2D eigenvalue weighted by Crippen LogP contribution is -2.45. The molecule has 1 aliphatic rings. The van der Waals surface area contributed by atoms with E-state index in [-0.39, 0.29) is 5.91 Å². The maximum atomic E-state index is 11.9. The number of ether oxygens (including phenoxy) is 1. The quantitative estimate of drug-likeness (QED) is 0.640. The van der Waals surface area contributed by atoms with Crippen LogP contribution in [0.2, 0.25) is 0 Å². The molecule has 0 radical (unpaired) electrons. The second-order valence-corrected chi connectivity index (χ2v) is 5.72. The first kappa shape index (κ1) is 16.4. The Hall–Kier alpha value is -0.650. The molecule has 1 fully saturated rings. The van der Waals surface area contributed by atoms with Crippen molar-refractivity contribution in [2.75, 3.05) is 46.4 Å². The molecular weight excluding hydrogens is 242 g/mol. The van der Waals surface area contributed by atoms with Crippen molar-refractivity contribution < 1.29 is 9.53 Å². The van der Waals surface area contributed by atoms with Crippen molar-refractivity contribution in [1.82, 2.24) is 15.5 Å². The van der Waals surface area contributed by atoms with Gasteiger partial charge >= 0.3 is 0 Å². The number of hydrogen-bond acceptors (Lipinski definition) is 4. The van der Waals surface area contributed by atoms with Crippen molar-refractivity contribution in [2.45, 2.75) is 32.7 Å². The van der Waals surface area contributed by atoms with Crippen LogP contribution in [0.4, 0.5) is 0 Å². The highest BCUT2D eigenvalue weighted by Gasteiger charge is 2.19. The summed E-state index contributed by atoms with van der Waals surface area (Å²) in [5, 5.41) is 6.44. The number of carbonyl (C=O) groups excluding carboxylic acids is 1. The van der Waals surface area contributed by atoms with Crippen molar-refractivity contribution in [3.63, 3.8) is 0 Å². The minimum atomic E-state index is 0.114. The molecule has 0 aliphatic carbocycles. The van der Waals surface area contributed by atoms with E-state index in [1.165, 1.54) is 12.8 Å². The molecule has 0 aromatic heterocycles. The molecular formula is C14H29N3O2. The van der Waals surface area contributed by atoms with Crippen LogP contribution in [-0.4, -0.2) is 63.3 Å². The molecule has 112 valence electrons. The van der Waals surface area contributed by atoms with Crippen LogP contribution in [0.15, 0.2) is 0 Å². The Bertz CT molecular complexity index is 253. The number of nitrogens with zero attached hydrogens (tertiary/aromatic N) is 1. The van der Waals surface area contributed by atoms with Gasteiger partial charge in [0.1, 0.15) is 0 Å². The van der Waals surface area contributed by atoms with Crippen LogP contribution in [0.1, 0.15) is 26.7 Å². The van der Waals surface area contributed by atoms with Gasteiger partial charge < -0.3 is 15.4 Å². The van der Waals surface area contributed by atoms with Gasteiger partial charge in [0, 0.05) is 32.8 Å². The van der Waals surface area contributed by atoms with Crippen LogP contribution in [0.25, 0.3) is 0 Å². The summed E-state index contributed by atoms with van der Waals surface area (Å²) in [5.41, 5.74) is 0. The molecule has 5 heteroatoms. The van der Waals surface area contributed by atoms with Gasteiger partial charge in [-0.25, -0.2) is 0 Å². The highest BCUT2D eigenvalue weighted by atomic mass is 16.5. The molecule has 5 nitrogen and oxygen atoms in total. The Morgan fingerprint density at radius 1 is 1.53 bits per heavy atom. The van der Waals surface area contributed by atoms with Crippen molar-refractivity contribution in [2.24, 2.45) is 5.92 Å². The summed E-state index contributed by atoms with van der Waals surface area (Å²) >= 11 is 0. The minimum absolute atomic E-state index is 0.114. The highest BCUT2D eigenvalue weighted by molar-refractivity contribution is 5.78. The monoisotopic (exact) mass is 271 g/mol. The summed E-state index contributed by atoms with van der Waals surface area (Å²) in [6.07, 6.45) is 2.44. The summed E-state index contributed by atoms with van der Waals surface area (Å²) in [6.45, 7) is 8.93. The van der Waals surface area contributed by atoms with Gasteiger partial charge in [-0.3, -0.25) is 9.69 Å². The maximum Gasteiger partial charge on any atom is 0.234 e. The van der Waals surface area contributed by atoms with Gasteiger partial charge in [-0.1, -0.05) is 13.8 Å². The first-order valence-electron chi connectivity index (χ1n) is 7.33. The smallest absolute Gasteiger partial charge is 0.234 e. The maximum absolute atomic E-state index is 11.9. The van der Waals surface area contributed by atoms with E-state index in [9.17, 15) is 4.79 Å². The van der Waals surface area contributed by atoms with E-state index in [1.54, 1.807) is 7.11 Å². The molecule has 1 rings (SSSR count). The summed E-state index contributed by atoms with van der Waals surface area (Å²) in [5.74, 6) is 0.607. The van der Waals surface area contributed by atoms with E-state index in [0.29, 0.717) is 25.1 Å². The zero-order valence-electron chi connectivity index (χ0n) is 12.6. The molecule has 0 spiro atoms. The van der Waals surface area contributed by atoms with Crippen LogP contribution in [0.5, 0.6) is 0 Å². The molecule has 1 aliphatic heterocycles. The SMILES string of the molecule is COCCN(CC(=O)NCC(C)C)CC1CCCN1. The predicted octanol–water partition coefficient (Wildman–Crippen LogP) is 0.459. The van der Waals surface area contributed by atoms with Crippen LogP contribution in [0.3, 0.4) is 0 Å². The molecule has 1 saturated heterocycles. The Morgan fingerprint density at radius 3 is 2.89 bits per heavy atom. The van der Waals surface area contributed by atoms with Crippen molar-refractivity contribution >= 4 is 5.91 Å². The number of amides is 1. The third-order valence-corrected chi connectivity index (χ3v) is 3.33. The number of hydrogen-bond donors (Lipinski definition) is 2.